The number of carbonyl (C=O) groups is 1. The first-order chi connectivity index (χ1) is 8.03. The predicted octanol–water partition coefficient (Wildman–Crippen LogP) is -0.435. The van der Waals surface area contributed by atoms with E-state index in [0.717, 1.165) is 0 Å². The number of ether oxygens (including phenoxy) is 2. The summed E-state index contributed by atoms with van der Waals surface area (Å²) in [6.07, 6.45) is 3.74. The van der Waals surface area contributed by atoms with Gasteiger partial charge in [-0.05, 0) is 6.42 Å². The number of hydrogen-bond donors (Lipinski definition) is 1. The first kappa shape index (κ1) is 12.5. The number of fused-ring (bicyclic) bond motifs is 2. The van der Waals surface area contributed by atoms with E-state index in [0.29, 0.717) is 6.42 Å². The Bertz CT molecular complexity index is 430. The molecule has 0 radical (unpaired) electrons. The lowest BCUT2D eigenvalue weighted by atomic mass is 10.1. The van der Waals surface area contributed by atoms with Crippen molar-refractivity contribution in [3.63, 3.8) is 0 Å². The van der Waals surface area contributed by atoms with Crippen molar-refractivity contribution in [2.24, 2.45) is 0 Å². The van der Waals surface area contributed by atoms with Crippen molar-refractivity contribution in [3.8, 4) is 0 Å². The van der Waals surface area contributed by atoms with Gasteiger partial charge >= 0.3 is 5.97 Å². The van der Waals surface area contributed by atoms with Crippen LogP contribution in [0.4, 0.5) is 0 Å². The molecule has 2 bridgehead atoms. The summed E-state index contributed by atoms with van der Waals surface area (Å²) < 4.78 is 36.1. The Hall–Kier alpha value is -0.920. The van der Waals surface area contributed by atoms with Crippen molar-refractivity contribution in [3.05, 3.63) is 12.2 Å². The second-order valence-electron chi connectivity index (χ2n) is 4.06. The fourth-order valence-corrected chi connectivity index (χ4v) is 3.59. The van der Waals surface area contributed by atoms with Crippen LogP contribution in [0, 0.1) is 0 Å². The van der Waals surface area contributed by atoms with Crippen molar-refractivity contribution in [2.45, 2.75) is 30.3 Å². The van der Waals surface area contributed by atoms with Crippen LogP contribution in [0.15, 0.2) is 12.2 Å². The molecule has 0 aromatic carbocycles. The zero-order chi connectivity index (χ0) is 12.5. The van der Waals surface area contributed by atoms with Crippen LogP contribution in [0.1, 0.15) is 12.8 Å². The Morgan fingerprint density at radius 2 is 2.29 bits per heavy atom. The lowest BCUT2D eigenvalue weighted by Crippen LogP contribution is -2.39. The van der Waals surface area contributed by atoms with Crippen LogP contribution >= 0.6 is 0 Å². The molecule has 0 amide bonds. The standard InChI is InChI=1S/C10H15NO5S/c1-15-10(12)4-5-11-17(13,14)9-6-7-2-3-8(9)16-7/h2-3,7-9,11H,4-6H2,1H3. The maximum Gasteiger partial charge on any atom is 0.306 e. The minimum atomic E-state index is -3.43. The molecular formula is C10H15NO5S. The summed E-state index contributed by atoms with van der Waals surface area (Å²) in [4.78, 5) is 10.9. The van der Waals surface area contributed by atoms with Crippen LogP contribution in [-0.2, 0) is 24.3 Å². The molecule has 6 nitrogen and oxygen atoms in total. The molecule has 1 N–H and O–H groups in total. The zero-order valence-electron chi connectivity index (χ0n) is 9.46. The molecule has 2 aliphatic heterocycles. The van der Waals surface area contributed by atoms with Gasteiger partial charge < -0.3 is 9.47 Å². The lowest BCUT2D eigenvalue weighted by Gasteiger charge is -2.16. The van der Waals surface area contributed by atoms with E-state index in [9.17, 15) is 13.2 Å². The number of hydrogen-bond acceptors (Lipinski definition) is 5. The summed E-state index contributed by atoms with van der Waals surface area (Å²) in [5.74, 6) is -0.434. The van der Waals surface area contributed by atoms with Crippen molar-refractivity contribution >= 4 is 16.0 Å². The molecule has 3 unspecified atom stereocenters. The van der Waals surface area contributed by atoms with Gasteiger partial charge in [0.25, 0.3) is 0 Å². The van der Waals surface area contributed by atoms with E-state index >= 15 is 0 Å². The number of nitrogens with one attached hydrogen (secondary N) is 1. The molecule has 0 aromatic heterocycles. The molecular weight excluding hydrogens is 246 g/mol. The molecule has 3 atom stereocenters. The number of methoxy groups -OCH3 is 1. The van der Waals surface area contributed by atoms with Gasteiger partial charge in [-0.15, -0.1) is 0 Å². The summed E-state index contributed by atoms with van der Waals surface area (Å²) in [6, 6.07) is 0. The van der Waals surface area contributed by atoms with E-state index in [-0.39, 0.29) is 25.2 Å². The number of esters is 1. The zero-order valence-corrected chi connectivity index (χ0v) is 10.3. The molecule has 0 aromatic rings. The molecule has 2 aliphatic rings. The highest BCUT2D eigenvalue weighted by Crippen LogP contribution is 2.32. The van der Waals surface area contributed by atoms with Gasteiger partial charge in [0.1, 0.15) is 5.25 Å². The van der Waals surface area contributed by atoms with Gasteiger partial charge in [-0.1, -0.05) is 12.2 Å². The minimum Gasteiger partial charge on any atom is -0.469 e. The summed E-state index contributed by atoms with van der Waals surface area (Å²) in [5.41, 5.74) is 0. The van der Waals surface area contributed by atoms with Crippen molar-refractivity contribution < 1.29 is 22.7 Å². The Morgan fingerprint density at radius 1 is 1.53 bits per heavy atom. The SMILES string of the molecule is COC(=O)CCNS(=O)(=O)C1CC2C=CC1O2. The summed E-state index contributed by atoms with van der Waals surface area (Å²) in [6.45, 7) is 0.0621. The Morgan fingerprint density at radius 3 is 2.82 bits per heavy atom. The van der Waals surface area contributed by atoms with Crippen molar-refractivity contribution in [1.82, 2.24) is 4.72 Å². The third kappa shape index (κ3) is 2.67. The average molecular weight is 261 g/mol. The van der Waals surface area contributed by atoms with Crippen LogP contribution in [-0.4, -0.2) is 45.5 Å². The van der Waals surface area contributed by atoms with Crippen LogP contribution in [0.25, 0.3) is 0 Å². The Kier molecular flexibility index (Phi) is 3.50. The number of rotatable bonds is 5. The molecule has 2 heterocycles. The lowest BCUT2D eigenvalue weighted by molar-refractivity contribution is -0.140. The maximum atomic E-state index is 11.9. The summed E-state index contributed by atoms with van der Waals surface area (Å²) >= 11 is 0. The van der Waals surface area contributed by atoms with E-state index in [4.69, 9.17) is 4.74 Å². The highest BCUT2D eigenvalue weighted by Gasteiger charge is 2.44. The largest absolute Gasteiger partial charge is 0.469 e. The normalized spacial score (nSPS) is 30.8. The summed E-state index contributed by atoms with van der Waals surface area (Å²) in [7, 11) is -2.16. The van der Waals surface area contributed by atoms with Gasteiger partial charge in [-0.3, -0.25) is 4.79 Å². The van der Waals surface area contributed by atoms with Gasteiger partial charge in [-0.25, -0.2) is 13.1 Å². The van der Waals surface area contributed by atoms with Gasteiger partial charge in [-0.2, -0.15) is 0 Å². The Balaban J connectivity index is 1.87. The fraction of sp³-hybridized carbons (Fsp3) is 0.700. The smallest absolute Gasteiger partial charge is 0.306 e. The van der Waals surface area contributed by atoms with Gasteiger partial charge in [0, 0.05) is 6.54 Å². The first-order valence-electron chi connectivity index (χ1n) is 5.42. The topological polar surface area (TPSA) is 81.7 Å². The maximum absolute atomic E-state index is 11.9. The average Bonchev–Trinajstić information content (AvgIpc) is 2.90. The van der Waals surface area contributed by atoms with Gasteiger partial charge in [0.2, 0.25) is 10.0 Å². The van der Waals surface area contributed by atoms with E-state index in [1.807, 2.05) is 6.08 Å². The molecule has 2 rings (SSSR count). The molecule has 0 aliphatic carbocycles. The third-order valence-corrected chi connectivity index (χ3v) is 4.80. The first-order valence-corrected chi connectivity index (χ1v) is 6.96. The second-order valence-corrected chi connectivity index (χ2v) is 6.05. The molecule has 96 valence electrons. The fourth-order valence-electron chi connectivity index (χ4n) is 2.04. The van der Waals surface area contributed by atoms with Crippen molar-refractivity contribution in [1.29, 1.82) is 0 Å². The highest BCUT2D eigenvalue weighted by atomic mass is 32.2. The van der Waals surface area contributed by atoms with Crippen LogP contribution < -0.4 is 4.72 Å². The molecule has 7 heteroatoms. The van der Waals surface area contributed by atoms with Crippen LogP contribution in [0.3, 0.4) is 0 Å². The van der Waals surface area contributed by atoms with E-state index < -0.39 is 21.2 Å². The Labute approximate surface area is 100 Å². The van der Waals surface area contributed by atoms with Crippen LogP contribution in [0.5, 0.6) is 0 Å². The van der Waals surface area contributed by atoms with Crippen molar-refractivity contribution in [2.75, 3.05) is 13.7 Å². The highest BCUT2D eigenvalue weighted by molar-refractivity contribution is 7.90. The predicted molar refractivity (Wildman–Crippen MR) is 59.8 cm³/mol. The molecule has 0 saturated carbocycles. The molecule has 1 saturated heterocycles. The monoisotopic (exact) mass is 261 g/mol. The van der Waals surface area contributed by atoms with E-state index in [1.54, 1.807) is 6.08 Å². The van der Waals surface area contributed by atoms with E-state index in [1.165, 1.54) is 7.11 Å². The molecule has 17 heavy (non-hydrogen) atoms. The van der Waals surface area contributed by atoms with Gasteiger partial charge in [0.15, 0.2) is 0 Å². The van der Waals surface area contributed by atoms with Gasteiger partial charge in [0.05, 0.1) is 25.7 Å². The molecule has 1 fully saturated rings. The van der Waals surface area contributed by atoms with E-state index in [2.05, 4.69) is 9.46 Å². The molecule has 0 spiro atoms. The number of sulfonamides is 1. The third-order valence-electron chi connectivity index (χ3n) is 2.94. The van der Waals surface area contributed by atoms with Crippen LogP contribution in [0.2, 0.25) is 0 Å². The summed E-state index contributed by atoms with van der Waals surface area (Å²) in [5, 5.41) is -0.546. The minimum absolute atomic E-state index is 0.0350. The second kappa shape index (κ2) is 4.75. The number of carbonyl (C=O) groups excluding carboxylic acids is 1. The quantitative estimate of drug-likeness (QED) is 0.536.